The lowest BCUT2D eigenvalue weighted by molar-refractivity contribution is 0.223. The Bertz CT molecular complexity index is 395. The molecule has 1 aromatic rings. The van der Waals surface area contributed by atoms with Crippen molar-refractivity contribution in [2.75, 3.05) is 0 Å². The van der Waals surface area contributed by atoms with Crippen LogP contribution < -0.4 is 5.19 Å². The van der Waals surface area contributed by atoms with Crippen LogP contribution in [0.1, 0.15) is 26.2 Å². The molecule has 1 aliphatic rings. The molecule has 0 amide bonds. The first-order chi connectivity index (χ1) is 8.08. The third-order valence-electron chi connectivity index (χ3n) is 3.45. The van der Waals surface area contributed by atoms with Gasteiger partial charge < -0.3 is 4.43 Å². The summed E-state index contributed by atoms with van der Waals surface area (Å²) >= 11 is 0. The fourth-order valence-electron chi connectivity index (χ4n) is 2.45. The Morgan fingerprint density at radius 3 is 2.53 bits per heavy atom. The molecule has 1 atom stereocenters. The summed E-state index contributed by atoms with van der Waals surface area (Å²) in [6.45, 7) is 6.80. The highest BCUT2D eigenvalue weighted by Crippen LogP contribution is 2.22. The Balaban J connectivity index is 2.09. The van der Waals surface area contributed by atoms with Crippen LogP contribution >= 0.6 is 0 Å². The zero-order valence-electron chi connectivity index (χ0n) is 11.1. The first-order valence-electron chi connectivity index (χ1n) is 6.48. The maximum Gasteiger partial charge on any atom is 0.218 e. The van der Waals surface area contributed by atoms with E-state index in [0.717, 1.165) is 0 Å². The van der Waals surface area contributed by atoms with Gasteiger partial charge in [-0.15, -0.1) is 0 Å². The van der Waals surface area contributed by atoms with Gasteiger partial charge >= 0.3 is 0 Å². The van der Waals surface area contributed by atoms with Gasteiger partial charge in [0.2, 0.25) is 8.32 Å². The van der Waals surface area contributed by atoms with E-state index in [1.165, 1.54) is 30.0 Å². The van der Waals surface area contributed by atoms with Crippen LogP contribution in [0.3, 0.4) is 0 Å². The molecule has 1 nitrogen and oxygen atoms in total. The van der Waals surface area contributed by atoms with E-state index in [1.54, 1.807) is 0 Å². The first kappa shape index (κ1) is 12.6. The molecule has 0 bridgehead atoms. The molecule has 0 aromatic heterocycles. The largest absolute Gasteiger partial charge is 0.407 e. The third-order valence-corrected chi connectivity index (χ3v) is 6.06. The van der Waals surface area contributed by atoms with Crippen LogP contribution in [-0.2, 0) is 4.43 Å². The Kier molecular flexibility index (Phi) is 3.85. The third kappa shape index (κ3) is 3.30. The number of allylic oxidation sites excluding steroid dienone is 1. The summed E-state index contributed by atoms with van der Waals surface area (Å²) in [5.41, 5.74) is 1.49. The molecule has 2 heteroatoms. The Morgan fingerprint density at radius 2 is 1.88 bits per heavy atom. The second kappa shape index (κ2) is 5.19. The SMILES string of the molecule is CC1=CC(O[Si](C)(C)c2ccccc2)CCC1. The van der Waals surface area contributed by atoms with Gasteiger partial charge in [-0.1, -0.05) is 42.0 Å². The first-order valence-corrected chi connectivity index (χ1v) is 9.39. The van der Waals surface area contributed by atoms with E-state index in [9.17, 15) is 0 Å². The second-order valence-corrected chi connectivity index (χ2v) is 9.27. The summed E-state index contributed by atoms with van der Waals surface area (Å²) in [6.07, 6.45) is 6.35. The molecule has 0 aliphatic heterocycles. The summed E-state index contributed by atoms with van der Waals surface area (Å²) in [7, 11) is -1.74. The van der Waals surface area contributed by atoms with Crippen molar-refractivity contribution in [3.05, 3.63) is 42.0 Å². The fraction of sp³-hybridized carbons (Fsp3) is 0.467. The summed E-state index contributed by atoms with van der Waals surface area (Å²) < 4.78 is 6.40. The summed E-state index contributed by atoms with van der Waals surface area (Å²) in [4.78, 5) is 0. The monoisotopic (exact) mass is 246 g/mol. The predicted molar refractivity (Wildman–Crippen MR) is 76.0 cm³/mol. The Labute approximate surface area is 106 Å². The van der Waals surface area contributed by atoms with Gasteiger partial charge in [-0.3, -0.25) is 0 Å². The molecule has 2 rings (SSSR count). The molecule has 17 heavy (non-hydrogen) atoms. The average molecular weight is 246 g/mol. The van der Waals surface area contributed by atoms with Crippen LogP contribution in [0.2, 0.25) is 13.1 Å². The van der Waals surface area contributed by atoms with Crippen LogP contribution in [0.25, 0.3) is 0 Å². The lowest BCUT2D eigenvalue weighted by atomic mass is 9.99. The van der Waals surface area contributed by atoms with Gasteiger partial charge in [-0.2, -0.15) is 0 Å². The Hall–Kier alpha value is -0.863. The zero-order valence-corrected chi connectivity index (χ0v) is 12.1. The van der Waals surface area contributed by atoms with Crippen molar-refractivity contribution in [1.82, 2.24) is 0 Å². The van der Waals surface area contributed by atoms with Crippen LogP contribution in [0, 0.1) is 0 Å². The van der Waals surface area contributed by atoms with Crippen molar-refractivity contribution in [2.24, 2.45) is 0 Å². The van der Waals surface area contributed by atoms with Crippen molar-refractivity contribution in [3.8, 4) is 0 Å². The van der Waals surface area contributed by atoms with E-state index < -0.39 is 8.32 Å². The van der Waals surface area contributed by atoms with Crippen molar-refractivity contribution in [3.63, 3.8) is 0 Å². The van der Waals surface area contributed by atoms with E-state index >= 15 is 0 Å². The van der Waals surface area contributed by atoms with Crippen LogP contribution in [0.5, 0.6) is 0 Å². The molecule has 0 heterocycles. The van der Waals surface area contributed by atoms with E-state index in [2.05, 4.69) is 56.4 Å². The molecular weight excluding hydrogens is 224 g/mol. The van der Waals surface area contributed by atoms with Gasteiger partial charge in [-0.25, -0.2) is 0 Å². The van der Waals surface area contributed by atoms with Gasteiger partial charge in [0, 0.05) is 0 Å². The minimum absolute atomic E-state index is 0.339. The van der Waals surface area contributed by atoms with E-state index in [1.807, 2.05) is 0 Å². The number of hydrogen-bond acceptors (Lipinski definition) is 1. The van der Waals surface area contributed by atoms with E-state index in [-0.39, 0.29) is 0 Å². The predicted octanol–water partition coefficient (Wildman–Crippen LogP) is 3.61. The lowest BCUT2D eigenvalue weighted by Gasteiger charge is -2.30. The molecule has 1 aliphatic carbocycles. The molecule has 0 saturated carbocycles. The van der Waals surface area contributed by atoms with Gasteiger partial charge in [0.15, 0.2) is 0 Å². The van der Waals surface area contributed by atoms with Crippen molar-refractivity contribution in [2.45, 2.75) is 45.4 Å². The maximum absolute atomic E-state index is 6.40. The van der Waals surface area contributed by atoms with Crippen molar-refractivity contribution >= 4 is 13.5 Å². The van der Waals surface area contributed by atoms with Gasteiger partial charge in [0.25, 0.3) is 0 Å². The van der Waals surface area contributed by atoms with Crippen LogP contribution in [0.4, 0.5) is 0 Å². The molecule has 0 radical (unpaired) electrons. The molecule has 1 aromatic carbocycles. The molecule has 1 unspecified atom stereocenters. The normalized spacial score (nSPS) is 21.1. The minimum Gasteiger partial charge on any atom is -0.407 e. The lowest BCUT2D eigenvalue weighted by Crippen LogP contribution is -2.47. The summed E-state index contributed by atoms with van der Waals surface area (Å²) in [5.74, 6) is 0. The van der Waals surface area contributed by atoms with Crippen molar-refractivity contribution in [1.29, 1.82) is 0 Å². The molecule has 0 fully saturated rings. The molecule has 0 spiro atoms. The zero-order chi connectivity index (χ0) is 12.3. The number of rotatable bonds is 3. The van der Waals surface area contributed by atoms with Gasteiger partial charge in [-0.05, 0) is 44.5 Å². The number of hydrogen-bond donors (Lipinski definition) is 0. The minimum atomic E-state index is -1.74. The van der Waals surface area contributed by atoms with E-state index in [4.69, 9.17) is 4.43 Å². The standard InChI is InChI=1S/C15H22OSi/c1-13-8-7-9-14(12-13)16-17(2,3)15-10-5-4-6-11-15/h4-6,10-12,14H,7-9H2,1-3H3. The highest BCUT2D eigenvalue weighted by Gasteiger charge is 2.28. The topological polar surface area (TPSA) is 9.23 Å². The molecular formula is C15H22OSi. The molecule has 92 valence electrons. The van der Waals surface area contributed by atoms with Gasteiger partial charge in [0.05, 0.1) is 6.10 Å². The fourth-order valence-corrected chi connectivity index (χ4v) is 4.52. The summed E-state index contributed by atoms with van der Waals surface area (Å²) in [5, 5.41) is 1.39. The Morgan fingerprint density at radius 1 is 1.18 bits per heavy atom. The van der Waals surface area contributed by atoms with Crippen molar-refractivity contribution < 1.29 is 4.43 Å². The highest BCUT2D eigenvalue weighted by molar-refractivity contribution is 6.84. The quantitative estimate of drug-likeness (QED) is 0.585. The van der Waals surface area contributed by atoms with Gasteiger partial charge in [0.1, 0.15) is 0 Å². The van der Waals surface area contributed by atoms with Crippen LogP contribution in [0.15, 0.2) is 42.0 Å². The average Bonchev–Trinajstić information content (AvgIpc) is 2.29. The maximum atomic E-state index is 6.40. The smallest absolute Gasteiger partial charge is 0.218 e. The molecule has 0 N–H and O–H groups in total. The van der Waals surface area contributed by atoms with Crippen LogP contribution in [-0.4, -0.2) is 14.4 Å². The molecule has 0 saturated heterocycles. The highest BCUT2D eigenvalue weighted by atomic mass is 28.4. The van der Waals surface area contributed by atoms with E-state index in [0.29, 0.717) is 6.10 Å². The number of benzene rings is 1. The second-order valence-electron chi connectivity index (χ2n) is 5.44. The summed E-state index contributed by atoms with van der Waals surface area (Å²) in [6, 6.07) is 10.7.